The van der Waals surface area contributed by atoms with E-state index in [1.807, 2.05) is 6.92 Å². The lowest BCUT2D eigenvalue weighted by Crippen LogP contribution is -2.68. The topological polar surface area (TPSA) is 66.8 Å². The van der Waals surface area contributed by atoms with E-state index < -0.39 is 17.2 Å². The van der Waals surface area contributed by atoms with Gasteiger partial charge in [0.1, 0.15) is 0 Å². The number of aliphatic hydroxyl groups is 1. The van der Waals surface area contributed by atoms with Gasteiger partial charge in [-0.05, 0) is 111 Å². The minimum absolute atomic E-state index is 0.137. The third-order valence-electron chi connectivity index (χ3n) is 14.6. The van der Waals surface area contributed by atoms with Crippen molar-refractivity contribution in [2.24, 2.45) is 56.2 Å². The van der Waals surface area contributed by atoms with Gasteiger partial charge in [-0.1, -0.05) is 34.6 Å². The second-order valence-corrected chi connectivity index (χ2v) is 15.4. The summed E-state index contributed by atoms with van der Waals surface area (Å²) in [5.74, 6) is 0.525. The van der Waals surface area contributed by atoms with E-state index in [1.54, 1.807) is 0 Å². The van der Waals surface area contributed by atoms with Crippen LogP contribution in [-0.4, -0.2) is 28.6 Å². The predicted octanol–water partition coefficient (Wildman–Crippen LogP) is 6.65. The zero-order valence-electron chi connectivity index (χ0n) is 22.5. The van der Waals surface area contributed by atoms with Crippen LogP contribution in [0.4, 0.5) is 0 Å². The number of aliphatic carboxylic acids is 1. The molecule has 6 fully saturated rings. The molecule has 2 N–H and O–H groups in total. The highest BCUT2D eigenvalue weighted by molar-refractivity contribution is 5.74. The van der Waals surface area contributed by atoms with Crippen molar-refractivity contribution in [2.75, 3.05) is 6.61 Å². The minimum atomic E-state index is -0.900. The SMILES string of the molecule is CC1C2(O)CCC3C4(C)CCC5(C)C6CC(C)(C(=O)O)CCC6(C)CCC5(C)C4CCC13CO2. The van der Waals surface area contributed by atoms with Crippen LogP contribution in [0.1, 0.15) is 112 Å². The summed E-state index contributed by atoms with van der Waals surface area (Å²) >= 11 is 0. The van der Waals surface area contributed by atoms with Gasteiger partial charge >= 0.3 is 5.97 Å². The Kier molecular flexibility index (Phi) is 4.63. The van der Waals surface area contributed by atoms with Gasteiger partial charge in [0.2, 0.25) is 0 Å². The third-order valence-corrected chi connectivity index (χ3v) is 14.6. The molecule has 6 rings (SSSR count). The Labute approximate surface area is 206 Å². The Hall–Kier alpha value is -0.610. The molecular weight excluding hydrogens is 424 g/mol. The number of carbonyl (C=O) groups is 1. The van der Waals surface area contributed by atoms with E-state index in [0.29, 0.717) is 17.8 Å². The molecule has 11 unspecified atom stereocenters. The number of hydrogen-bond acceptors (Lipinski definition) is 3. The molecule has 5 aliphatic carbocycles. The van der Waals surface area contributed by atoms with Crippen molar-refractivity contribution in [3.05, 3.63) is 0 Å². The van der Waals surface area contributed by atoms with Gasteiger partial charge in [0.15, 0.2) is 5.79 Å². The highest BCUT2D eigenvalue weighted by Gasteiger charge is 2.74. The van der Waals surface area contributed by atoms with Crippen molar-refractivity contribution >= 4 is 5.97 Å². The van der Waals surface area contributed by atoms with E-state index in [1.165, 1.54) is 38.5 Å². The van der Waals surface area contributed by atoms with Gasteiger partial charge < -0.3 is 14.9 Å². The lowest BCUT2D eigenvalue weighted by atomic mass is 9.30. The molecule has 0 radical (unpaired) electrons. The molecule has 34 heavy (non-hydrogen) atoms. The van der Waals surface area contributed by atoms with Crippen LogP contribution in [0.5, 0.6) is 0 Å². The van der Waals surface area contributed by atoms with E-state index in [4.69, 9.17) is 4.74 Å². The van der Waals surface area contributed by atoms with Gasteiger partial charge in [-0.3, -0.25) is 4.79 Å². The van der Waals surface area contributed by atoms with Crippen molar-refractivity contribution in [1.82, 2.24) is 0 Å². The molecule has 0 aromatic carbocycles. The highest BCUT2D eigenvalue weighted by Crippen LogP contribution is 2.79. The fraction of sp³-hybridized carbons (Fsp3) is 0.967. The van der Waals surface area contributed by atoms with Crippen molar-refractivity contribution in [3.8, 4) is 0 Å². The lowest BCUT2D eigenvalue weighted by molar-refractivity contribution is -0.267. The normalized spacial score (nSPS) is 62.7. The molecule has 2 bridgehead atoms. The number of carboxylic acids is 1. The molecule has 4 nitrogen and oxygen atoms in total. The van der Waals surface area contributed by atoms with Crippen LogP contribution in [0.25, 0.3) is 0 Å². The van der Waals surface area contributed by atoms with Crippen molar-refractivity contribution < 1.29 is 19.7 Å². The number of carboxylic acid groups (broad SMARTS) is 1. The van der Waals surface area contributed by atoms with Crippen molar-refractivity contribution in [3.63, 3.8) is 0 Å². The van der Waals surface area contributed by atoms with Gasteiger partial charge in [0.05, 0.1) is 12.0 Å². The zero-order chi connectivity index (χ0) is 24.6. The monoisotopic (exact) mass is 472 g/mol. The fourth-order valence-electron chi connectivity index (χ4n) is 11.9. The number of rotatable bonds is 1. The molecule has 4 heteroatoms. The first kappa shape index (κ1) is 23.8. The van der Waals surface area contributed by atoms with E-state index in [2.05, 4.69) is 34.6 Å². The predicted molar refractivity (Wildman–Crippen MR) is 132 cm³/mol. The lowest BCUT2D eigenvalue weighted by Gasteiger charge is -2.74. The molecule has 1 aliphatic heterocycles. The maximum absolute atomic E-state index is 12.3. The quantitative estimate of drug-likeness (QED) is 0.448. The molecule has 0 aromatic heterocycles. The number of fused-ring (bicyclic) bond motifs is 7. The molecule has 1 saturated heterocycles. The molecule has 1 spiro atoms. The first-order valence-corrected chi connectivity index (χ1v) is 14.3. The standard InChI is InChI=1S/C30H48O4/c1-19-29-9-7-20-26(4,21(29)8-10-30(19,33)34-18-29)14-16-28(6)22-17-25(3,23(31)32)12-11-24(22,2)13-15-27(20,28)5/h19-22,33H,7-18H2,1-6H3,(H,31,32). The molecular formula is C30H48O4. The second kappa shape index (κ2) is 6.63. The van der Waals surface area contributed by atoms with Crippen LogP contribution in [0.15, 0.2) is 0 Å². The first-order chi connectivity index (χ1) is 15.7. The van der Waals surface area contributed by atoms with Crippen LogP contribution >= 0.6 is 0 Å². The average molecular weight is 473 g/mol. The maximum atomic E-state index is 12.3. The van der Waals surface area contributed by atoms with Gasteiger partial charge in [0, 0.05) is 17.8 Å². The number of hydrogen-bond donors (Lipinski definition) is 2. The summed E-state index contributed by atoms with van der Waals surface area (Å²) in [6.45, 7) is 15.3. The highest BCUT2D eigenvalue weighted by atomic mass is 16.6. The summed E-state index contributed by atoms with van der Waals surface area (Å²) in [7, 11) is 0. The minimum Gasteiger partial charge on any atom is -0.481 e. The average Bonchev–Trinajstić information content (AvgIpc) is 2.92. The summed E-state index contributed by atoms with van der Waals surface area (Å²) in [5.41, 5.74) is 0.569. The summed E-state index contributed by atoms with van der Waals surface area (Å²) in [5, 5.41) is 21.3. The molecule has 11 atom stereocenters. The second-order valence-electron chi connectivity index (χ2n) is 15.4. The molecule has 6 aliphatic rings. The van der Waals surface area contributed by atoms with Crippen LogP contribution < -0.4 is 0 Å². The Morgan fingerprint density at radius 3 is 2.12 bits per heavy atom. The molecule has 5 saturated carbocycles. The largest absolute Gasteiger partial charge is 0.481 e. The van der Waals surface area contributed by atoms with Gasteiger partial charge in [-0.2, -0.15) is 0 Å². The zero-order valence-corrected chi connectivity index (χ0v) is 22.5. The summed E-state index contributed by atoms with van der Waals surface area (Å²) < 4.78 is 6.14. The molecule has 0 amide bonds. The van der Waals surface area contributed by atoms with E-state index in [0.717, 1.165) is 38.7 Å². The Morgan fingerprint density at radius 2 is 1.41 bits per heavy atom. The van der Waals surface area contributed by atoms with Gasteiger partial charge in [-0.25, -0.2) is 0 Å². The fourth-order valence-corrected chi connectivity index (χ4v) is 11.9. The van der Waals surface area contributed by atoms with Crippen LogP contribution in [0.3, 0.4) is 0 Å². The van der Waals surface area contributed by atoms with Crippen LogP contribution in [0, 0.1) is 56.2 Å². The summed E-state index contributed by atoms with van der Waals surface area (Å²) in [6, 6.07) is 0. The Morgan fingerprint density at radius 1 is 0.794 bits per heavy atom. The molecule has 192 valence electrons. The van der Waals surface area contributed by atoms with Gasteiger partial charge in [0.25, 0.3) is 0 Å². The van der Waals surface area contributed by atoms with E-state index in [-0.39, 0.29) is 33.0 Å². The molecule has 1 heterocycles. The van der Waals surface area contributed by atoms with Crippen molar-refractivity contribution in [1.29, 1.82) is 0 Å². The maximum Gasteiger partial charge on any atom is 0.309 e. The van der Waals surface area contributed by atoms with Crippen molar-refractivity contribution in [2.45, 2.75) is 118 Å². The van der Waals surface area contributed by atoms with Crippen LogP contribution in [0.2, 0.25) is 0 Å². The van der Waals surface area contributed by atoms with E-state index in [9.17, 15) is 15.0 Å². The Bertz CT molecular complexity index is 917. The number of ether oxygens (including phenoxy) is 1. The smallest absolute Gasteiger partial charge is 0.309 e. The third kappa shape index (κ3) is 2.51. The van der Waals surface area contributed by atoms with E-state index >= 15 is 0 Å². The summed E-state index contributed by atoms with van der Waals surface area (Å²) in [4.78, 5) is 12.3. The summed E-state index contributed by atoms with van der Waals surface area (Å²) in [6.07, 6.45) is 12.0. The Balaban J connectivity index is 1.39. The van der Waals surface area contributed by atoms with Crippen LogP contribution in [-0.2, 0) is 9.53 Å². The van der Waals surface area contributed by atoms with Gasteiger partial charge in [-0.15, -0.1) is 0 Å². The molecule has 0 aromatic rings. The first-order valence-electron chi connectivity index (χ1n) is 14.3.